The lowest BCUT2D eigenvalue weighted by atomic mass is 10.1. The van der Waals surface area contributed by atoms with Crippen molar-refractivity contribution in [2.75, 3.05) is 20.3 Å². The zero-order chi connectivity index (χ0) is 14.5. The zero-order valence-corrected chi connectivity index (χ0v) is 11.6. The summed E-state index contributed by atoms with van der Waals surface area (Å²) in [7, 11) is 1.56. The summed E-state index contributed by atoms with van der Waals surface area (Å²) in [5, 5.41) is 11.8. The van der Waals surface area contributed by atoms with Crippen molar-refractivity contribution in [2.24, 2.45) is 0 Å². The standard InChI is InChI=1S/C14H18N2O4/c1-3-8-20-14(10-16(17)18)12-9-15(19-2)13-7-5-4-6-11(12)13/h4-7,9,14H,3,8,10H2,1-2H3. The topological polar surface area (TPSA) is 66.5 Å². The minimum atomic E-state index is -0.564. The van der Waals surface area contributed by atoms with Crippen LogP contribution in [0, 0.1) is 10.1 Å². The zero-order valence-electron chi connectivity index (χ0n) is 11.6. The van der Waals surface area contributed by atoms with Crippen molar-refractivity contribution in [3.63, 3.8) is 0 Å². The molecule has 0 saturated carbocycles. The molecule has 2 aromatic rings. The number of para-hydroxylation sites is 1. The van der Waals surface area contributed by atoms with Gasteiger partial charge in [0.05, 0.1) is 11.7 Å². The second kappa shape index (κ2) is 6.38. The monoisotopic (exact) mass is 278 g/mol. The molecule has 0 bridgehead atoms. The molecule has 6 nitrogen and oxygen atoms in total. The van der Waals surface area contributed by atoms with Crippen LogP contribution in [0.5, 0.6) is 0 Å². The van der Waals surface area contributed by atoms with E-state index in [1.165, 1.54) is 0 Å². The first-order valence-corrected chi connectivity index (χ1v) is 6.55. The third-order valence-electron chi connectivity index (χ3n) is 3.09. The number of benzene rings is 1. The summed E-state index contributed by atoms with van der Waals surface area (Å²) < 4.78 is 7.25. The lowest BCUT2D eigenvalue weighted by Crippen LogP contribution is -2.16. The summed E-state index contributed by atoms with van der Waals surface area (Å²) in [5.74, 6) is 0. The van der Waals surface area contributed by atoms with Crippen LogP contribution >= 0.6 is 0 Å². The van der Waals surface area contributed by atoms with E-state index in [1.807, 2.05) is 31.2 Å². The van der Waals surface area contributed by atoms with Crippen LogP contribution in [0.1, 0.15) is 25.0 Å². The Hall–Kier alpha value is -2.08. The summed E-state index contributed by atoms with van der Waals surface area (Å²) in [5.41, 5.74) is 1.66. The van der Waals surface area contributed by atoms with E-state index < -0.39 is 6.10 Å². The van der Waals surface area contributed by atoms with Gasteiger partial charge in [-0.25, -0.2) is 0 Å². The molecule has 2 rings (SSSR count). The number of rotatable bonds is 7. The number of nitro groups is 1. The minimum absolute atomic E-state index is 0.252. The molecule has 6 heteroatoms. The average Bonchev–Trinajstić information content (AvgIpc) is 2.82. The van der Waals surface area contributed by atoms with Crippen molar-refractivity contribution in [3.05, 3.63) is 46.1 Å². The Morgan fingerprint density at radius 1 is 1.40 bits per heavy atom. The van der Waals surface area contributed by atoms with Crippen LogP contribution in [-0.2, 0) is 4.74 Å². The molecule has 0 aliphatic heterocycles. The first-order chi connectivity index (χ1) is 9.67. The van der Waals surface area contributed by atoms with Crippen molar-refractivity contribution in [2.45, 2.75) is 19.4 Å². The van der Waals surface area contributed by atoms with Crippen LogP contribution in [0.2, 0.25) is 0 Å². The lowest BCUT2D eigenvalue weighted by Gasteiger charge is -2.12. The highest BCUT2D eigenvalue weighted by Gasteiger charge is 2.23. The molecule has 1 aromatic heterocycles. The highest BCUT2D eigenvalue weighted by atomic mass is 16.6. The largest absolute Gasteiger partial charge is 0.417 e. The summed E-state index contributed by atoms with van der Waals surface area (Å²) >= 11 is 0. The van der Waals surface area contributed by atoms with Gasteiger partial charge in [-0.3, -0.25) is 10.1 Å². The maximum absolute atomic E-state index is 10.8. The van der Waals surface area contributed by atoms with Gasteiger partial charge in [-0.1, -0.05) is 25.1 Å². The van der Waals surface area contributed by atoms with Gasteiger partial charge in [0.25, 0.3) is 0 Å². The Kier molecular flexibility index (Phi) is 4.57. The summed E-state index contributed by atoms with van der Waals surface area (Å²) in [4.78, 5) is 15.8. The van der Waals surface area contributed by atoms with Gasteiger partial charge >= 0.3 is 0 Å². The number of hydrogen-bond acceptors (Lipinski definition) is 4. The summed E-state index contributed by atoms with van der Waals surface area (Å²) in [6.07, 6.45) is 2.01. The van der Waals surface area contributed by atoms with Gasteiger partial charge in [0, 0.05) is 22.5 Å². The number of ether oxygens (including phenoxy) is 1. The van der Waals surface area contributed by atoms with E-state index in [0.717, 1.165) is 22.9 Å². The molecule has 20 heavy (non-hydrogen) atoms. The van der Waals surface area contributed by atoms with Crippen LogP contribution in [0.4, 0.5) is 0 Å². The maximum atomic E-state index is 10.8. The van der Waals surface area contributed by atoms with Crippen LogP contribution in [0.3, 0.4) is 0 Å². The van der Waals surface area contributed by atoms with E-state index in [1.54, 1.807) is 18.0 Å². The van der Waals surface area contributed by atoms with Crippen LogP contribution < -0.4 is 4.84 Å². The Morgan fingerprint density at radius 3 is 2.80 bits per heavy atom. The summed E-state index contributed by atoms with van der Waals surface area (Å²) in [6.45, 7) is 2.21. The van der Waals surface area contributed by atoms with Gasteiger partial charge in [-0.15, -0.1) is 0 Å². The fourth-order valence-corrected chi connectivity index (χ4v) is 2.22. The highest BCUT2D eigenvalue weighted by Crippen LogP contribution is 2.28. The molecule has 0 aliphatic carbocycles. The van der Waals surface area contributed by atoms with E-state index in [4.69, 9.17) is 9.57 Å². The molecule has 0 amide bonds. The lowest BCUT2D eigenvalue weighted by molar-refractivity contribution is -0.492. The third kappa shape index (κ3) is 2.91. The summed E-state index contributed by atoms with van der Waals surface area (Å²) in [6, 6.07) is 7.62. The molecule has 0 radical (unpaired) electrons. The van der Waals surface area contributed by atoms with Gasteiger partial charge in [0.2, 0.25) is 6.54 Å². The Bertz CT molecular complexity index is 594. The third-order valence-corrected chi connectivity index (χ3v) is 3.09. The highest BCUT2D eigenvalue weighted by molar-refractivity contribution is 5.84. The Labute approximate surface area is 117 Å². The minimum Gasteiger partial charge on any atom is -0.417 e. The second-order valence-electron chi connectivity index (χ2n) is 4.48. The Balaban J connectivity index is 2.43. The molecule has 0 spiro atoms. The number of aromatic nitrogens is 1. The van der Waals surface area contributed by atoms with Gasteiger partial charge < -0.3 is 9.57 Å². The smallest absolute Gasteiger partial charge is 0.233 e. The molecule has 1 heterocycles. The van der Waals surface area contributed by atoms with Crippen molar-refractivity contribution in [1.82, 2.24) is 4.73 Å². The Morgan fingerprint density at radius 2 is 2.15 bits per heavy atom. The van der Waals surface area contributed by atoms with Gasteiger partial charge in [0.15, 0.2) is 0 Å². The average molecular weight is 278 g/mol. The van der Waals surface area contributed by atoms with E-state index >= 15 is 0 Å². The second-order valence-corrected chi connectivity index (χ2v) is 4.48. The van der Waals surface area contributed by atoms with Crippen LogP contribution in [0.15, 0.2) is 30.5 Å². The van der Waals surface area contributed by atoms with Gasteiger partial charge in [-0.2, -0.15) is 4.73 Å². The van der Waals surface area contributed by atoms with Crippen LogP contribution in [-0.4, -0.2) is 29.9 Å². The predicted molar refractivity (Wildman–Crippen MR) is 75.3 cm³/mol. The van der Waals surface area contributed by atoms with Crippen LogP contribution in [0.25, 0.3) is 10.9 Å². The molecular weight excluding hydrogens is 260 g/mol. The molecule has 0 saturated heterocycles. The predicted octanol–water partition coefficient (Wildman–Crippen LogP) is 2.44. The quantitative estimate of drug-likeness (QED) is 0.576. The first-order valence-electron chi connectivity index (χ1n) is 6.55. The SMILES string of the molecule is CCCOC(C[N+](=O)[O-])c1cn(OC)c2ccccc12. The van der Waals surface area contributed by atoms with Crippen molar-refractivity contribution in [1.29, 1.82) is 0 Å². The van der Waals surface area contributed by atoms with E-state index in [9.17, 15) is 10.1 Å². The number of nitrogens with zero attached hydrogens (tertiary/aromatic N) is 2. The van der Waals surface area contributed by atoms with Gasteiger partial charge in [0.1, 0.15) is 13.2 Å². The molecule has 0 aliphatic rings. The van der Waals surface area contributed by atoms with Crippen molar-refractivity contribution >= 4 is 10.9 Å². The fourth-order valence-electron chi connectivity index (χ4n) is 2.22. The van der Waals surface area contributed by atoms with E-state index in [-0.39, 0.29) is 11.5 Å². The molecular formula is C14H18N2O4. The number of fused-ring (bicyclic) bond motifs is 1. The molecule has 1 atom stereocenters. The maximum Gasteiger partial charge on any atom is 0.233 e. The number of hydrogen-bond donors (Lipinski definition) is 0. The van der Waals surface area contributed by atoms with E-state index in [0.29, 0.717) is 6.61 Å². The molecule has 1 unspecified atom stereocenters. The molecule has 108 valence electrons. The normalized spacial score (nSPS) is 12.5. The molecule has 0 N–H and O–H groups in total. The van der Waals surface area contributed by atoms with Gasteiger partial charge in [-0.05, 0) is 12.5 Å². The van der Waals surface area contributed by atoms with Crippen molar-refractivity contribution < 1.29 is 14.5 Å². The molecule has 0 fully saturated rings. The first kappa shape index (κ1) is 14.3. The van der Waals surface area contributed by atoms with E-state index in [2.05, 4.69) is 0 Å². The fraction of sp³-hybridized carbons (Fsp3) is 0.429. The molecule has 1 aromatic carbocycles. The van der Waals surface area contributed by atoms with Crippen molar-refractivity contribution in [3.8, 4) is 0 Å².